The number of rotatable bonds is 4. The number of nitrogens with two attached hydrogens (primary N) is 2. The highest BCUT2D eigenvalue weighted by Crippen LogP contribution is 2.34. The summed E-state index contributed by atoms with van der Waals surface area (Å²) >= 11 is 0. The highest BCUT2D eigenvalue weighted by molar-refractivity contribution is 5.67. The Labute approximate surface area is 121 Å². The Morgan fingerprint density at radius 1 is 1.33 bits per heavy atom. The van der Waals surface area contributed by atoms with E-state index < -0.39 is 36.5 Å². The average molecular weight is 298 g/mol. The first-order valence-corrected chi connectivity index (χ1v) is 6.41. The number of hydrogen-bond donors (Lipinski definition) is 2. The lowest BCUT2D eigenvalue weighted by molar-refractivity contribution is -0.165. The lowest BCUT2D eigenvalue weighted by Crippen LogP contribution is -2.41. The van der Waals surface area contributed by atoms with Gasteiger partial charge in [0.1, 0.15) is 11.9 Å². The molecule has 0 aliphatic carbocycles. The van der Waals surface area contributed by atoms with E-state index in [-0.39, 0.29) is 6.54 Å². The highest BCUT2D eigenvalue weighted by atomic mass is 16.6. The summed E-state index contributed by atoms with van der Waals surface area (Å²) in [6.07, 6.45) is -0.135. The smallest absolute Gasteiger partial charge is 0.303 e. The van der Waals surface area contributed by atoms with E-state index >= 15 is 0 Å². The molecule has 21 heavy (non-hydrogen) atoms. The summed E-state index contributed by atoms with van der Waals surface area (Å²) in [5, 5.41) is 0. The first kappa shape index (κ1) is 15.3. The number of imidazole rings is 1. The van der Waals surface area contributed by atoms with Gasteiger partial charge in [-0.1, -0.05) is 0 Å². The molecule has 9 heteroatoms. The van der Waals surface area contributed by atoms with Crippen LogP contribution < -0.4 is 11.5 Å². The second kappa shape index (κ2) is 6.10. The Morgan fingerprint density at radius 2 is 1.95 bits per heavy atom. The summed E-state index contributed by atoms with van der Waals surface area (Å²) < 4.78 is 17.7. The second-order valence-electron chi connectivity index (χ2n) is 4.67. The van der Waals surface area contributed by atoms with Gasteiger partial charge in [-0.15, -0.1) is 0 Å². The average Bonchev–Trinajstić information content (AvgIpc) is 2.94. The van der Waals surface area contributed by atoms with Gasteiger partial charge in [-0.05, 0) is 0 Å². The van der Waals surface area contributed by atoms with Crippen molar-refractivity contribution in [1.82, 2.24) is 9.55 Å². The normalized spacial score (nSPS) is 28.3. The molecular weight excluding hydrogens is 280 g/mol. The van der Waals surface area contributed by atoms with Crippen LogP contribution >= 0.6 is 0 Å². The van der Waals surface area contributed by atoms with Crippen LogP contribution in [0.1, 0.15) is 20.1 Å². The molecule has 0 unspecified atom stereocenters. The van der Waals surface area contributed by atoms with Crippen molar-refractivity contribution in [1.29, 1.82) is 0 Å². The van der Waals surface area contributed by atoms with E-state index in [1.165, 1.54) is 30.9 Å². The Balaban J connectivity index is 2.32. The van der Waals surface area contributed by atoms with Gasteiger partial charge in [0, 0.05) is 20.4 Å². The Bertz CT molecular complexity index is 531. The quantitative estimate of drug-likeness (QED) is 0.689. The molecule has 2 heterocycles. The number of carbonyl (C=O) groups is 2. The summed E-state index contributed by atoms with van der Waals surface area (Å²) in [5.41, 5.74) is 11.4. The number of anilines is 1. The van der Waals surface area contributed by atoms with Crippen LogP contribution in [0.5, 0.6) is 0 Å². The molecule has 4 atom stereocenters. The van der Waals surface area contributed by atoms with E-state index in [0.29, 0.717) is 5.82 Å². The van der Waals surface area contributed by atoms with Gasteiger partial charge in [0.05, 0.1) is 12.5 Å². The maximum Gasteiger partial charge on any atom is 0.303 e. The van der Waals surface area contributed by atoms with E-state index in [1.54, 1.807) is 0 Å². The fraction of sp³-hybridized carbons (Fsp3) is 0.583. The molecular formula is C12H18N4O5. The Hall–Kier alpha value is -2.13. The molecule has 9 nitrogen and oxygen atoms in total. The first-order valence-electron chi connectivity index (χ1n) is 6.41. The molecule has 0 radical (unpaired) electrons. The van der Waals surface area contributed by atoms with Gasteiger partial charge in [-0.3, -0.25) is 14.2 Å². The SMILES string of the molecule is CC(=O)O[C@@H]1[C@H](OC(C)=O)[C@@H](CN)O[C@H]1n1cncc1N. The van der Waals surface area contributed by atoms with Gasteiger partial charge in [0.15, 0.2) is 18.4 Å². The van der Waals surface area contributed by atoms with Crippen molar-refractivity contribution < 1.29 is 23.8 Å². The third-order valence-corrected chi connectivity index (χ3v) is 3.09. The molecule has 0 aromatic carbocycles. The van der Waals surface area contributed by atoms with Crippen LogP contribution in [0, 0.1) is 0 Å². The Morgan fingerprint density at radius 3 is 2.43 bits per heavy atom. The molecule has 1 fully saturated rings. The van der Waals surface area contributed by atoms with Crippen LogP contribution in [0.25, 0.3) is 0 Å². The van der Waals surface area contributed by atoms with Crippen LogP contribution in [-0.2, 0) is 23.8 Å². The van der Waals surface area contributed by atoms with Crippen LogP contribution in [0.3, 0.4) is 0 Å². The molecule has 0 bridgehead atoms. The standard InChI is InChI=1S/C12H18N4O5/c1-6(17)19-10-8(3-13)21-12(11(10)20-7(2)18)16-5-15-4-9(16)14/h4-5,8,10-12H,3,13-14H2,1-2H3/t8-,10-,11-,12-/m1/s1. The topological polar surface area (TPSA) is 132 Å². The van der Waals surface area contributed by atoms with Gasteiger partial charge in [0.2, 0.25) is 0 Å². The number of esters is 2. The molecule has 1 aromatic rings. The lowest BCUT2D eigenvalue weighted by atomic mass is 10.1. The zero-order valence-electron chi connectivity index (χ0n) is 11.8. The van der Waals surface area contributed by atoms with Crippen molar-refractivity contribution in [2.45, 2.75) is 38.4 Å². The summed E-state index contributed by atoms with van der Waals surface area (Å²) in [4.78, 5) is 26.5. The molecule has 1 aliphatic heterocycles. The molecule has 0 saturated carbocycles. The summed E-state index contributed by atoms with van der Waals surface area (Å²) in [7, 11) is 0. The van der Waals surface area contributed by atoms with Crippen molar-refractivity contribution in [2.75, 3.05) is 12.3 Å². The Kier molecular flexibility index (Phi) is 4.43. The van der Waals surface area contributed by atoms with Gasteiger partial charge in [-0.25, -0.2) is 4.98 Å². The third kappa shape index (κ3) is 3.14. The summed E-state index contributed by atoms with van der Waals surface area (Å²) in [5.74, 6) is -0.711. The predicted molar refractivity (Wildman–Crippen MR) is 70.7 cm³/mol. The van der Waals surface area contributed by atoms with Crippen molar-refractivity contribution >= 4 is 17.8 Å². The highest BCUT2D eigenvalue weighted by Gasteiger charge is 2.49. The maximum absolute atomic E-state index is 11.3. The van der Waals surface area contributed by atoms with Crippen LogP contribution in [0.2, 0.25) is 0 Å². The van der Waals surface area contributed by atoms with Crippen molar-refractivity contribution in [2.24, 2.45) is 5.73 Å². The molecule has 1 aromatic heterocycles. The number of aromatic nitrogens is 2. The monoisotopic (exact) mass is 298 g/mol. The maximum atomic E-state index is 11.3. The number of hydrogen-bond acceptors (Lipinski definition) is 8. The summed E-state index contributed by atoms with van der Waals surface area (Å²) in [6.45, 7) is 2.62. The van der Waals surface area contributed by atoms with Crippen molar-refractivity contribution in [3.8, 4) is 0 Å². The van der Waals surface area contributed by atoms with Gasteiger partial charge >= 0.3 is 11.9 Å². The molecule has 2 rings (SSSR count). The number of nitrogens with zero attached hydrogens (tertiary/aromatic N) is 2. The predicted octanol–water partition coefficient (Wildman–Crippen LogP) is -0.815. The van der Waals surface area contributed by atoms with Gasteiger partial charge in [0.25, 0.3) is 0 Å². The van der Waals surface area contributed by atoms with Crippen molar-refractivity contribution in [3.63, 3.8) is 0 Å². The molecule has 0 amide bonds. The van der Waals surface area contributed by atoms with Gasteiger partial charge in [-0.2, -0.15) is 0 Å². The zero-order valence-corrected chi connectivity index (χ0v) is 11.8. The van der Waals surface area contributed by atoms with Crippen molar-refractivity contribution in [3.05, 3.63) is 12.5 Å². The minimum Gasteiger partial charge on any atom is -0.456 e. The van der Waals surface area contributed by atoms with E-state index in [0.717, 1.165) is 0 Å². The van der Waals surface area contributed by atoms with Gasteiger partial charge < -0.3 is 25.7 Å². The minimum atomic E-state index is -0.851. The van der Waals surface area contributed by atoms with E-state index in [1.807, 2.05) is 0 Å². The number of nitrogen functional groups attached to an aromatic ring is 1. The number of carbonyl (C=O) groups excluding carboxylic acids is 2. The second-order valence-corrected chi connectivity index (χ2v) is 4.67. The van der Waals surface area contributed by atoms with E-state index in [9.17, 15) is 9.59 Å². The zero-order chi connectivity index (χ0) is 15.6. The van der Waals surface area contributed by atoms with Crippen LogP contribution in [0.4, 0.5) is 5.82 Å². The molecule has 4 N–H and O–H groups in total. The number of ether oxygens (including phenoxy) is 3. The lowest BCUT2D eigenvalue weighted by Gasteiger charge is -2.23. The van der Waals surface area contributed by atoms with Crippen LogP contribution in [-0.4, -0.2) is 46.3 Å². The summed E-state index contributed by atoms with van der Waals surface area (Å²) in [6, 6.07) is 0. The molecule has 0 spiro atoms. The first-order chi connectivity index (χ1) is 9.93. The third-order valence-electron chi connectivity index (χ3n) is 3.09. The largest absolute Gasteiger partial charge is 0.456 e. The molecule has 116 valence electrons. The minimum absolute atomic E-state index is 0.0980. The molecule has 1 saturated heterocycles. The fourth-order valence-electron chi connectivity index (χ4n) is 2.30. The molecule has 1 aliphatic rings. The van der Waals surface area contributed by atoms with Crippen LogP contribution in [0.15, 0.2) is 12.5 Å². The van der Waals surface area contributed by atoms with E-state index in [2.05, 4.69) is 4.98 Å². The fourth-order valence-corrected chi connectivity index (χ4v) is 2.30. The van der Waals surface area contributed by atoms with E-state index in [4.69, 9.17) is 25.7 Å².